The second kappa shape index (κ2) is 4.54. The number of allylic oxidation sites excluding steroid dienone is 1. The van der Waals surface area contributed by atoms with E-state index in [-0.39, 0.29) is 0 Å². The van der Waals surface area contributed by atoms with Crippen molar-refractivity contribution in [2.24, 2.45) is 0 Å². The summed E-state index contributed by atoms with van der Waals surface area (Å²) in [6, 6.07) is 5.51. The van der Waals surface area contributed by atoms with Crippen molar-refractivity contribution in [2.75, 3.05) is 0 Å². The zero-order valence-corrected chi connectivity index (χ0v) is 8.36. The predicted octanol–water partition coefficient (Wildman–Crippen LogP) is 4.42. The Hall–Kier alpha value is -0.460. The van der Waals surface area contributed by atoms with Crippen LogP contribution < -0.4 is 0 Å². The molecule has 1 aromatic carbocycles. The Morgan fingerprint density at radius 3 is 2.25 bits per heavy atom. The van der Waals surface area contributed by atoms with Crippen LogP contribution in [0.15, 0.2) is 24.3 Å². The first-order valence-electron chi connectivity index (χ1n) is 3.85. The highest BCUT2D eigenvalue weighted by molar-refractivity contribution is 6.34. The van der Waals surface area contributed by atoms with E-state index in [9.17, 15) is 0 Å². The van der Waals surface area contributed by atoms with Gasteiger partial charge in [-0.1, -0.05) is 42.3 Å². The molecule has 64 valence electrons. The summed E-state index contributed by atoms with van der Waals surface area (Å²) < 4.78 is 0. The minimum Gasteiger partial charge on any atom is -0.0843 e. The first-order chi connectivity index (χ1) is 5.72. The lowest BCUT2D eigenvalue weighted by atomic mass is 10.2. The van der Waals surface area contributed by atoms with Crippen LogP contribution in [0.3, 0.4) is 0 Å². The lowest BCUT2D eigenvalue weighted by Gasteiger charge is -1.96. The second-order valence-electron chi connectivity index (χ2n) is 2.51. The Kier molecular flexibility index (Phi) is 3.64. The lowest BCUT2D eigenvalue weighted by Crippen LogP contribution is -1.72. The largest absolute Gasteiger partial charge is 0.0843 e. The van der Waals surface area contributed by atoms with Crippen molar-refractivity contribution in [1.82, 2.24) is 0 Å². The van der Waals surface area contributed by atoms with Crippen LogP contribution in [-0.2, 0) is 0 Å². The molecule has 0 unspecified atom stereocenters. The van der Waals surface area contributed by atoms with Gasteiger partial charge in [-0.15, -0.1) is 0 Å². The molecule has 0 spiro atoms. The molecule has 1 rings (SSSR count). The van der Waals surface area contributed by atoms with Crippen LogP contribution >= 0.6 is 23.2 Å². The molecule has 0 fully saturated rings. The van der Waals surface area contributed by atoms with Crippen LogP contribution in [0.1, 0.15) is 18.9 Å². The van der Waals surface area contributed by atoms with Gasteiger partial charge in [0.15, 0.2) is 0 Å². The molecule has 0 saturated carbocycles. The molecule has 0 aliphatic heterocycles. The maximum absolute atomic E-state index is 5.81. The van der Waals surface area contributed by atoms with E-state index in [1.807, 2.05) is 18.2 Å². The molecule has 0 bridgehead atoms. The monoisotopic (exact) mass is 200 g/mol. The third kappa shape index (κ3) is 2.88. The van der Waals surface area contributed by atoms with Crippen LogP contribution in [0.25, 0.3) is 6.08 Å². The van der Waals surface area contributed by atoms with Gasteiger partial charge in [0.2, 0.25) is 0 Å². The summed E-state index contributed by atoms with van der Waals surface area (Å²) in [4.78, 5) is 0. The maximum atomic E-state index is 5.81. The SMILES string of the molecule is CCC=Cc1cc(Cl)cc(Cl)c1. The molecule has 1 aromatic rings. The fourth-order valence-electron chi connectivity index (χ4n) is 0.925. The van der Waals surface area contributed by atoms with E-state index in [0.717, 1.165) is 12.0 Å². The summed E-state index contributed by atoms with van der Waals surface area (Å²) in [5.74, 6) is 0. The average molecular weight is 201 g/mol. The minimum atomic E-state index is 0.679. The molecule has 0 aliphatic rings. The molecular formula is C10H10Cl2. The van der Waals surface area contributed by atoms with Crippen molar-refractivity contribution >= 4 is 29.3 Å². The van der Waals surface area contributed by atoms with Crippen molar-refractivity contribution in [3.05, 3.63) is 39.9 Å². The van der Waals surface area contributed by atoms with Gasteiger partial charge in [-0.3, -0.25) is 0 Å². The van der Waals surface area contributed by atoms with E-state index >= 15 is 0 Å². The Bertz CT molecular complexity index is 270. The molecule has 0 aliphatic carbocycles. The van der Waals surface area contributed by atoms with Gasteiger partial charge in [-0.2, -0.15) is 0 Å². The fourth-order valence-corrected chi connectivity index (χ4v) is 1.47. The van der Waals surface area contributed by atoms with Gasteiger partial charge in [0.1, 0.15) is 0 Å². The molecular weight excluding hydrogens is 191 g/mol. The molecule has 0 nitrogen and oxygen atoms in total. The third-order valence-electron chi connectivity index (χ3n) is 1.43. The highest BCUT2D eigenvalue weighted by atomic mass is 35.5. The van der Waals surface area contributed by atoms with E-state index < -0.39 is 0 Å². The zero-order valence-electron chi connectivity index (χ0n) is 6.85. The number of rotatable bonds is 2. The summed E-state index contributed by atoms with van der Waals surface area (Å²) >= 11 is 11.6. The Balaban J connectivity index is 2.93. The van der Waals surface area contributed by atoms with Crippen molar-refractivity contribution in [3.63, 3.8) is 0 Å². The van der Waals surface area contributed by atoms with Crippen LogP contribution in [0.5, 0.6) is 0 Å². The minimum absolute atomic E-state index is 0.679. The van der Waals surface area contributed by atoms with E-state index in [2.05, 4.69) is 13.0 Å². The standard InChI is InChI=1S/C10H10Cl2/c1-2-3-4-8-5-9(11)7-10(12)6-8/h3-7H,2H2,1H3. The predicted molar refractivity (Wildman–Crippen MR) is 55.8 cm³/mol. The van der Waals surface area contributed by atoms with E-state index in [1.54, 1.807) is 6.07 Å². The van der Waals surface area contributed by atoms with Crippen LogP contribution in [-0.4, -0.2) is 0 Å². The molecule has 2 heteroatoms. The summed E-state index contributed by atoms with van der Waals surface area (Å²) in [5.41, 5.74) is 1.05. The molecule has 0 aromatic heterocycles. The van der Waals surface area contributed by atoms with Gasteiger partial charge in [-0.25, -0.2) is 0 Å². The normalized spacial score (nSPS) is 10.9. The second-order valence-corrected chi connectivity index (χ2v) is 3.39. The Morgan fingerprint density at radius 2 is 1.75 bits per heavy atom. The molecule has 0 N–H and O–H groups in total. The van der Waals surface area contributed by atoms with E-state index in [4.69, 9.17) is 23.2 Å². The summed E-state index contributed by atoms with van der Waals surface area (Å²) in [6.45, 7) is 2.09. The quantitative estimate of drug-likeness (QED) is 0.664. The molecule has 0 atom stereocenters. The molecule has 12 heavy (non-hydrogen) atoms. The van der Waals surface area contributed by atoms with E-state index in [0.29, 0.717) is 10.0 Å². The van der Waals surface area contributed by atoms with Crippen molar-refractivity contribution < 1.29 is 0 Å². The smallest absolute Gasteiger partial charge is 0.0426 e. The highest BCUT2D eigenvalue weighted by Gasteiger charge is 1.93. The summed E-state index contributed by atoms with van der Waals surface area (Å²) in [7, 11) is 0. The first kappa shape index (κ1) is 9.63. The summed E-state index contributed by atoms with van der Waals surface area (Å²) in [5, 5.41) is 1.36. The van der Waals surface area contributed by atoms with Gasteiger partial charge >= 0.3 is 0 Å². The number of halogens is 2. The van der Waals surface area contributed by atoms with Crippen molar-refractivity contribution in [2.45, 2.75) is 13.3 Å². The number of hydrogen-bond donors (Lipinski definition) is 0. The Labute approximate surface area is 82.8 Å². The fraction of sp³-hybridized carbons (Fsp3) is 0.200. The topological polar surface area (TPSA) is 0 Å². The third-order valence-corrected chi connectivity index (χ3v) is 1.87. The molecule has 0 radical (unpaired) electrons. The lowest BCUT2D eigenvalue weighted by molar-refractivity contribution is 1.23. The summed E-state index contributed by atoms with van der Waals surface area (Å²) in [6.07, 6.45) is 5.10. The van der Waals surface area contributed by atoms with E-state index in [1.165, 1.54) is 0 Å². The molecule has 0 heterocycles. The van der Waals surface area contributed by atoms with Gasteiger partial charge < -0.3 is 0 Å². The zero-order chi connectivity index (χ0) is 8.97. The average Bonchev–Trinajstić information content (AvgIpc) is 1.99. The maximum Gasteiger partial charge on any atom is 0.0426 e. The number of hydrogen-bond acceptors (Lipinski definition) is 0. The van der Waals surface area contributed by atoms with Gasteiger partial charge in [0, 0.05) is 10.0 Å². The Morgan fingerprint density at radius 1 is 1.17 bits per heavy atom. The van der Waals surface area contributed by atoms with Crippen molar-refractivity contribution in [3.8, 4) is 0 Å². The van der Waals surface area contributed by atoms with Crippen LogP contribution in [0.2, 0.25) is 10.0 Å². The van der Waals surface area contributed by atoms with Crippen LogP contribution in [0.4, 0.5) is 0 Å². The highest BCUT2D eigenvalue weighted by Crippen LogP contribution is 2.19. The molecule has 0 saturated heterocycles. The van der Waals surface area contributed by atoms with Gasteiger partial charge in [-0.05, 0) is 30.2 Å². The number of benzene rings is 1. The van der Waals surface area contributed by atoms with Gasteiger partial charge in [0.25, 0.3) is 0 Å². The van der Waals surface area contributed by atoms with Gasteiger partial charge in [0.05, 0.1) is 0 Å². The van der Waals surface area contributed by atoms with Crippen LogP contribution in [0, 0.1) is 0 Å². The van der Waals surface area contributed by atoms with Crippen molar-refractivity contribution in [1.29, 1.82) is 0 Å². The molecule has 0 amide bonds. The first-order valence-corrected chi connectivity index (χ1v) is 4.60.